The maximum Gasteiger partial charge on any atom is 0.339 e. The highest BCUT2D eigenvalue weighted by molar-refractivity contribution is 9.10. The number of benzene rings is 2. The molecular formula is C22H14BrClO2. The largest absolute Gasteiger partial charge is 0.465 e. The van der Waals surface area contributed by atoms with Crippen molar-refractivity contribution in [3.63, 3.8) is 0 Å². The molecule has 26 heavy (non-hydrogen) atoms. The van der Waals surface area contributed by atoms with E-state index in [-0.39, 0.29) is 5.97 Å². The number of carbonyl (C=O) groups excluding carboxylic acids is 1. The molecular weight excluding hydrogens is 412 g/mol. The molecule has 0 N–H and O–H groups in total. The fourth-order valence-corrected chi connectivity index (χ4v) is 3.97. The molecule has 0 aliphatic heterocycles. The minimum Gasteiger partial charge on any atom is -0.465 e. The molecule has 4 heteroatoms. The topological polar surface area (TPSA) is 26.3 Å². The lowest BCUT2D eigenvalue weighted by atomic mass is 10.1. The summed E-state index contributed by atoms with van der Waals surface area (Å²) in [5.74, 6) is 6.11. The Morgan fingerprint density at radius 2 is 1.96 bits per heavy atom. The van der Waals surface area contributed by atoms with Gasteiger partial charge in [-0.25, -0.2) is 4.79 Å². The summed E-state index contributed by atoms with van der Waals surface area (Å²) in [6.07, 6.45) is 3.49. The SMILES string of the molecule is COC(=O)C1=C(C#CC2=Cc3cc(Cl)ccc3C2)Cc2cc(Br)ccc21. The molecule has 2 aliphatic carbocycles. The van der Waals surface area contributed by atoms with Crippen molar-refractivity contribution in [1.29, 1.82) is 0 Å². The molecule has 0 saturated heterocycles. The van der Waals surface area contributed by atoms with Crippen LogP contribution in [0.25, 0.3) is 11.6 Å². The first kappa shape index (κ1) is 17.1. The predicted molar refractivity (Wildman–Crippen MR) is 108 cm³/mol. The van der Waals surface area contributed by atoms with Crippen LogP contribution in [0.1, 0.15) is 22.3 Å². The van der Waals surface area contributed by atoms with Crippen LogP contribution < -0.4 is 0 Å². The molecule has 0 bridgehead atoms. The highest BCUT2D eigenvalue weighted by atomic mass is 79.9. The van der Waals surface area contributed by atoms with Gasteiger partial charge in [-0.3, -0.25) is 0 Å². The molecule has 2 aromatic carbocycles. The van der Waals surface area contributed by atoms with E-state index in [1.54, 1.807) is 0 Å². The number of methoxy groups -OCH3 is 1. The third kappa shape index (κ3) is 3.11. The third-order valence-electron chi connectivity index (χ3n) is 4.59. The second-order valence-electron chi connectivity index (χ2n) is 6.26. The van der Waals surface area contributed by atoms with Crippen molar-refractivity contribution < 1.29 is 9.53 Å². The Morgan fingerprint density at radius 3 is 2.77 bits per heavy atom. The van der Waals surface area contributed by atoms with Gasteiger partial charge in [0.1, 0.15) is 0 Å². The summed E-state index contributed by atoms with van der Waals surface area (Å²) in [5.41, 5.74) is 6.72. The van der Waals surface area contributed by atoms with Crippen molar-refractivity contribution in [2.24, 2.45) is 0 Å². The summed E-state index contributed by atoms with van der Waals surface area (Å²) >= 11 is 9.54. The first-order chi connectivity index (χ1) is 12.5. The number of ether oxygens (including phenoxy) is 1. The van der Waals surface area contributed by atoms with Crippen molar-refractivity contribution >= 4 is 45.1 Å². The zero-order valence-corrected chi connectivity index (χ0v) is 16.4. The molecule has 2 aromatic rings. The van der Waals surface area contributed by atoms with Crippen molar-refractivity contribution in [2.45, 2.75) is 12.8 Å². The van der Waals surface area contributed by atoms with Gasteiger partial charge in [0, 0.05) is 33.5 Å². The maximum atomic E-state index is 12.3. The number of rotatable bonds is 1. The summed E-state index contributed by atoms with van der Waals surface area (Å²) in [5, 5.41) is 0.724. The molecule has 0 aromatic heterocycles. The lowest BCUT2D eigenvalue weighted by Crippen LogP contribution is -2.04. The van der Waals surface area contributed by atoms with Gasteiger partial charge in [-0.05, 0) is 52.6 Å². The van der Waals surface area contributed by atoms with Crippen LogP contribution in [0.2, 0.25) is 5.02 Å². The molecule has 128 valence electrons. The molecule has 0 radical (unpaired) electrons. The summed E-state index contributed by atoms with van der Waals surface area (Å²) in [6.45, 7) is 0. The number of allylic oxidation sites excluding steroid dienone is 2. The molecule has 2 aliphatic rings. The van der Waals surface area contributed by atoms with Crippen LogP contribution in [0.3, 0.4) is 0 Å². The van der Waals surface area contributed by atoms with Gasteiger partial charge in [0.05, 0.1) is 12.7 Å². The number of hydrogen-bond acceptors (Lipinski definition) is 2. The Kier molecular flexibility index (Phi) is 4.48. The second kappa shape index (κ2) is 6.79. The van der Waals surface area contributed by atoms with Gasteiger partial charge in [-0.15, -0.1) is 0 Å². The highest BCUT2D eigenvalue weighted by Crippen LogP contribution is 2.35. The molecule has 2 nitrogen and oxygen atoms in total. The van der Waals surface area contributed by atoms with Crippen LogP contribution in [0, 0.1) is 11.8 Å². The van der Waals surface area contributed by atoms with E-state index in [1.807, 2.05) is 36.4 Å². The molecule has 0 amide bonds. The van der Waals surface area contributed by atoms with Gasteiger partial charge >= 0.3 is 5.97 Å². The normalized spacial score (nSPS) is 14.3. The fourth-order valence-electron chi connectivity index (χ4n) is 3.38. The van der Waals surface area contributed by atoms with Gasteiger partial charge in [-0.1, -0.05) is 51.5 Å². The number of fused-ring (bicyclic) bond motifs is 2. The standard InChI is InChI=1S/C22H14BrClO2/c1-26-22(25)21-15(10-17-11-18(23)5-7-20(17)21)3-2-13-8-14-4-6-19(24)12-16(14)9-13/h4-7,9,11-12H,8,10H2,1H3. The van der Waals surface area contributed by atoms with Crippen LogP contribution >= 0.6 is 27.5 Å². The Hall–Kier alpha value is -2.28. The van der Waals surface area contributed by atoms with E-state index in [4.69, 9.17) is 16.3 Å². The molecule has 0 saturated carbocycles. The van der Waals surface area contributed by atoms with Crippen molar-refractivity contribution in [3.8, 4) is 11.8 Å². The van der Waals surface area contributed by atoms with E-state index in [1.165, 1.54) is 12.7 Å². The molecule has 0 spiro atoms. The summed E-state index contributed by atoms with van der Waals surface area (Å²) in [6, 6.07) is 11.8. The van der Waals surface area contributed by atoms with Crippen LogP contribution in [-0.4, -0.2) is 13.1 Å². The molecule has 0 unspecified atom stereocenters. The Balaban J connectivity index is 1.69. The molecule has 0 heterocycles. The van der Waals surface area contributed by atoms with Gasteiger partial charge in [0.15, 0.2) is 0 Å². The molecule has 0 fully saturated rings. The predicted octanol–water partition coefficient (Wildman–Crippen LogP) is 5.23. The maximum absolute atomic E-state index is 12.3. The highest BCUT2D eigenvalue weighted by Gasteiger charge is 2.26. The van der Waals surface area contributed by atoms with Gasteiger partial charge in [0.2, 0.25) is 0 Å². The summed E-state index contributed by atoms with van der Waals surface area (Å²) in [7, 11) is 1.40. The van der Waals surface area contributed by atoms with E-state index in [9.17, 15) is 4.79 Å². The van der Waals surface area contributed by atoms with Crippen LogP contribution in [0.4, 0.5) is 0 Å². The average Bonchev–Trinajstić information content (AvgIpc) is 3.18. The first-order valence-corrected chi connectivity index (χ1v) is 9.33. The quantitative estimate of drug-likeness (QED) is 0.462. The zero-order valence-electron chi connectivity index (χ0n) is 14.0. The number of esters is 1. The zero-order chi connectivity index (χ0) is 18.3. The molecule has 0 atom stereocenters. The van der Waals surface area contributed by atoms with E-state index in [0.29, 0.717) is 12.0 Å². The second-order valence-corrected chi connectivity index (χ2v) is 7.61. The monoisotopic (exact) mass is 424 g/mol. The first-order valence-electron chi connectivity index (χ1n) is 8.16. The van der Waals surface area contributed by atoms with E-state index < -0.39 is 0 Å². The number of hydrogen-bond donors (Lipinski definition) is 0. The Bertz CT molecular complexity index is 1070. The van der Waals surface area contributed by atoms with Crippen molar-refractivity contribution in [2.75, 3.05) is 7.11 Å². The Labute approximate surface area is 165 Å². The van der Waals surface area contributed by atoms with Crippen LogP contribution in [0.15, 0.2) is 52.0 Å². The van der Waals surface area contributed by atoms with E-state index in [2.05, 4.69) is 33.8 Å². The van der Waals surface area contributed by atoms with E-state index >= 15 is 0 Å². The molecule has 4 rings (SSSR count). The lowest BCUT2D eigenvalue weighted by Gasteiger charge is -2.04. The van der Waals surface area contributed by atoms with Gasteiger partial charge in [0.25, 0.3) is 0 Å². The fraction of sp³-hybridized carbons (Fsp3) is 0.136. The summed E-state index contributed by atoms with van der Waals surface area (Å²) < 4.78 is 5.97. The van der Waals surface area contributed by atoms with Gasteiger partial charge in [-0.2, -0.15) is 0 Å². The van der Waals surface area contributed by atoms with Crippen molar-refractivity contribution in [1.82, 2.24) is 0 Å². The van der Waals surface area contributed by atoms with Crippen LogP contribution in [-0.2, 0) is 22.4 Å². The smallest absolute Gasteiger partial charge is 0.339 e. The van der Waals surface area contributed by atoms with Crippen LogP contribution in [0.5, 0.6) is 0 Å². The van der Waals surface area contributed by atoms with Crippen molar-refractivity contribution in [3.05, 3.63) is 79.3 Å². The van der Waals surface area contributed by atoms with Gasteiger partial charge < -0.3 is 4.74 Å². The number of halogens is 2. The lowest BCUT2D eigenvalue weighted by molar-refractivity contribution is -0.133. The minimum absolute atomic E-state index is 0.342. The number of carbonyl (C=O) groups is 1. The Morgan fingerprint density at radius 1 is 1.12 bits per heavy atom. The van der Waals surface area contributed by atoms with E-state index in [0.717, 1.165) is 43.8 Å². The third-order valence-corrected chi connectivity index (χ3v) is 5.32. The average molecular weight is 426 g/mol. The minimum atomic E-state index is -0.342. The summed E-state index contributed by atoms with van der Waals surface area (Å²) in [4.78, 5) is 12.3.